The van der Waals surface area contributed by atoms with Crippen LogP contribution in [0, 0.1) is 0 Å². The number of hydrogen-bond acceptors (Lipinski definition) is 5. The lowest BCUT2D eigenvalue weighted by molar-refractivity contribution is -0.136. The highest BCUT2D eigenvalue weighted by Crippen LogP contribution is 2.33. The van der Waals surface area contributed by atoms with Crippen LogP contribution >= 0.6 is 34.7 Å². The van der Waals surface area contributed by atoms with Crippen LogP contribution in [0.5, 0.6) is 0 Å². The van der Waals surface area contributed by atoms with Gasteiger partial charge in [0.15, 0.2) is 4.34 Å². The first-order chi connectivity index (χ1) is 8.66. The Balaban J connectivity index is 2.06. The van der Waals surface area contributed by atoms with Crippen LogP contribution in [0.2, 0.25) is 5.02 Å². The van der Waals surface area contributed by atoms with Gasteiger partial charge < -0.3 is 5.11 Å². The van der Waals surface area contributed by atoms with E-state index in [0.29, 0.717) is 10.8 Å². The Bertz CT molecular complexity index is 559. The third-order valence-electron chi connectivity index (χ3n) is 2.05. The smallest absolute Gasteiger partial charge is 0.304 e. The summed E-state index contributed by atoms with van der Waals surface area (Å²) >= 11 is 8.87. The van der Waals surface area contributed by atoms with E-state index in [-0.39, 0.29) is 6.42 Å². The average molecular weight is 301 g/mol. The molecular formula is C11H9ClN2O2S2. The third kappa shape index (κ3) is 3.44. The molecule has 0 amide bonds. The van der Waals surface area contributed by atoms with Gasteiger partial charge in [0.2, 0.25) is 0 Å². The van der Waals surface area contributed by atoms with Crippen LogP contribution in [-0.2, 0) is 4.79 Å². The first kappa shape index (κ1) is 13.3. The molecule has 1 N–H and O–H groups in total. The van der Waals surface area contributed by atoms with Crippen molar-refractivity contribution in [2.75, 3.05) is 5.75 Å². The average Bonchev–Trinajstić information content (AvgIpc) is 2.78. The van der Waals surface area contributed by atoms with E-state index in [0.717, 1.165) is 14.9 Å². The van der Waals surface area contributed by atoms with E-state index in [1.54, 1.807) is 6.07 Å². The molecule has 0 saturated heterocycles. The zero-order valence-corrected chi connectivity index (χ0v) is 11.6. The highest BCUT2D eigenvalue weighted by Gasteiger charge is 2.10. The molecule has 0 saturated carbocycles. The van der Waals surface area contributed by atoms with Crippen molar-refractivity contribution in [2.45, 2.75) is 10.8 Å². The maximum Gasteiger partial charge on any atom is 0.304 e. The van der Waals surface area contributed by atoms with Gasteiger partial charge >= 0.3 is 5.97 Å². The van der Waals surface area contributed by atoms with Gasteiger partial charge in [-0.25, -0.2) is 0 Å². The van der Waals surface area contributed by atoms with Crippen LogP contribution in [0.4, 0.5) is 0 Å². The lowest BCUT2D eigenvalue weighted by Crippen LogP contribution is -1.95. The summed E-state index contributed by atoms with van der Waals surface area (Å²) < 4.78 is 0.756. The fraction of sp³-hybridized carbons (Fsp3) is 0.182. The number of benzene rings is 1. The van der Waals surface area contributed by atoms with Gasteiger partial charge in [0.05, 0.1) is 11.4 Å². The number of aliphatic carboxylic acids is 1. The Morgan fingerprint density at radius 3 is 2.89 bits per heavy atom. The number of hydrogen-bond donors (Lipinski definition) is 1. The molecule has 4 nitrogen and oxygen atoms in total. The van der Waals surface area contributed by atoms with Crippen molar-refractivity contribution in [1.29, 1.82) is 0 Å². The lowest BCUT2D eigenvalue weighted by atomic mass is 10.2. The summed E-state index contributed by atoms with van der Waals surface area (Å²) in [4.78, 5) is 10.4. The van der Waals surface area contributed by atoms with E-state index in [9.17, 15) is 4.79 Å². The standard InChI is InChI=1S/C11H9ClN2O2S2/c12-8-4-2-1-3-7(8)10-13-14-11(18-10)17-6-5-9(15)16/h1-4H,5-6H2,(H,15,16). The van der Waals surface area contributed by atoms with Crippen molar-refractivity contribution in [2.24, 2.45) is 0 Å². The molecule has 1 heterocycles. The van der Waals surface area contributed by atoms with Gasteiger partial charge in [-0.2, -0.15) is 0 Å². The molecule has 18 heavy (non-hydrogen) atoms. The fourth-order valence-electron chi connectivity index (χ4n) is 1.24. The zero-order chi connectivity index (χ0) is 13.0. The Labute approximate surface area is 117 Å². The lowest BCUT2D eigenvalue weighted by Gasteiger charge is -1.96. The number of aromatic nitrogens is 2. The fourth-order valence-corrected chi connectivity index (χ4v) is 3.41. The molecule has 2 aromatic rings. The largest absolute Gasteiger partial charge is 0.481 e. The summed E-state index contributed by atoms with van der Waals surface area (Å²) in [6.07, 6.45) is 0.117. The normalized spacial score (nSPS) is 10.5. The predicted molar refractivity (Wildman–Crippen MR) is 73.3 cm³/mol. The van der Waals surface area contributed by atoms with Crippen molar-refractivity contribution < 1.29 is 9.90 Å². The van der Waals surface area contributed by atoms with Crippen molar-refractivity contribution in [1.82, 2.24) is 10.2 Å². The van der Waals surface area contributed by atoms with E-state index in [1.807, 2.05) is 18.2 Å². The van der Waals surface area contributed by atoms with Gasteiger partial charge in [-0.3, -0.25) is 4.79 Å². The van der Waals surface area contributed by atoms with E-state index in [1.165, 1.54) is 23.1 Å². The van der Waals surface area contributed by atoms with Gasteiger partial charge in [-0.05, 0) is 6.07 Å². The molecule has 0 bridgehead atoms. The molecule has 1 aromatic carbocycles. The van der Waals surface area contributed by atoms with Crippen molar-refractivity contribution >= 4 is 40.7 Å². The Kier molecular flexibility index (Phi) is 4.57. The van der Waals surface area contributed by atoms with Crippen LogP contribution in [-0.4, -0.2) is 27.0 Å². The molecule has 0 aliphatic heterocycles. The van der Waals surface area contributed by atoms with Crippen LogP contribution in [0.25, 0.3) is 10.6 Å². The summed E-state index contributed by atoms with van der Waals surface area (Å²) in [7, 11) is 0. The highest BCUT2D eigenvalue weighted by molar-refractivity contribution is 8.01. The summed E-state index contributed by atoms with van der Waals surface area (Å²) in [6, 6.07) is 7.43. The van der Waals surface area contributed by atoms with E-state index in [4.69, 9.17) is 16.7 Å². The topological polar surface area (TPSA) is 63.1 Å². The Morgan fingerprint density at radius 1 is 1.39 bits per heavy atom. The summed E-state index contributed by atoms with van der Waals surface area (Å²) in [5.74, 6) is -0.315. The number of carbonyl (C=O) groups is 1. The number of nitrogens with zero attached hydrogens (tertiary/aromatic N) is 2. The molecular weight excluding hydrogens is 292 g/mol. The molecule has 0 fully saturated rings. The molecule has 0 atom stereocenters. The Morgan fingerprint density at radius 2 is 2.17 bits per heavy atom. The monoisotopic (exact) mass is 300 g/mol. The quantitative estimate of drug-likeness (QED) is 0.857. The van der Waals surface area contributed by atoms with Gasteiger partial charge in [0, 0.05) is 11.3 Å². The zero-order valence-electron chi connectivity index (χ0n) is 9.17. The number of carboxylic acids is 1. The van der Waals surface area contributed by atoms with Crippen molar-refractivity contribution in [3.05, 3.63) is 29.3 Å². The molecule has 7 heteroatoms. The summed E-state index contributed by atoms with van der Waals surface area (Å²) in [6.45, 7) is 0. The molecule has 1 aromatic heterocycles. The van der Waals surface area contributed by atoms with Crippen LogP contribution in [0.3, 0.4) is 0 Å². The molecule has 0 aliphatic rings. The van der Waals surface area contributed by atoms with Crippen molar-refractivity contribution in [3.63, 3.8) is 0 Å². The maximum absolute atomic E-state index is 10.4. The minimum Gasteiger partial charge on any atom is -0.481 e. The Hall–Kier alpha value is -1.11. The second kappa shape index (κ2) is 6.17. The van der Waals surface area contributed by atoms with Crippen LogP contribution in [0.1, 0.15) is 6.42 Å². The van der Waals surface area contributed by atoms with Gasteiger partial charge in [0.1, 0.15) is 5.01 Å². The third-order valence-corrected chi connectivity index (χ3v) is 4.47. The van der Waals surface area contributed by atoms with Gasteiger partial charge in [-0.15, -0.1) is 10.2 Å². The van der Waals surface area contributed by atoms with Gasteiger partial charge in [-0.1, -0.05) is 52.9 Å². The minimum atomic E-state index is -0.807. The number of carboxylic acid groups (broad SMARTS) is 1. The van der Waals surface area contributed by atoms with Crippen LogP contribution < -0.4 is 0 Å². The number of thioether (sulfide) groups is 1. The maximum atomic E-state index is 10.4. The molecule has 0 radical (unpaired) electrons. The van der Waals surface area contributed by atoms with Crippen molar-refractivity contribution in [3.8, 4) is 10.6 Å². The SMILES string of the molecule is O=C(O)CCSc1nnc(-c2ccccc2Cl)s1. The second-order valence-corrected chi connectivity index (χ2v) is 6.07. The van der Waals surface area contributed by atoms with E-state index in [2.05, 4.69) is 10.2 Å². The predicted octanol–water partition coefficient (Wildman–Crippen LogP) is 3.43. The number of halogens is 1. The molecule has 0 unspecified atom stereocenters. The molecule has 94 valence electrons. The first-order valence-corrected chi connectivity index (χ1v) is 7.28. The van der Waals surface area contributed by atoms with E-state index < -0.39 is 5.97 Å². The molecule has 0 aliphatic carbocycles. The van der Waals surface area contributed by atoms with Crippen LogP contribution in [0.15, 0.2) is 28.6 Å². The molecule has 0 spiro atoms. The first-order valence-electron chi connectivity index (χ1n) is 5.10. The summed E-state index contributed by atoms with van der Waals surface area (Å²) in [5, 5.41) is 18.0. The molecule has 2 rings (SSSR count). The highest BCUT2D eigenvalue weighted by atomic mass is 35.5. The number of rotatable bonds is 5. The second-order valence-electron chi connectivity index (χ2n) is 3.35. The van der Waals surface area contributed by atoms with Gasteiger partial charge in [0.25, 0.3) is 0 Å². The summed E-state index contributed by atoms with van der Waals surface area (Å²) in [5.41, 5.74) is 0.849. The van der Waals surface area contributed by atoms with E-state index >= 15 is 0 Å². The minimum absolute atomic E-state index is 0.117.